The van der Waals surface area contributed by atoms with Crippen molar-refractivity contribution in [2.45, 2.75) is 64.7 Å². The normalized spacial score (nSPS) is 11.6. The van der Waals surface area contributed by atoms with Crippen LogP contribution >= 0.6 is 11.8 Å². The van der Waals surface area contributed by atoms with Gasteiger partial charge in [0.05, 0.1) is 11.3 Å². The minimum Gasteiger partial charge on any atom is -0.383 e. The largest absolute Gasteiger partial charge is 0.383 e. The van der Waals surface area contributed by atoms with Gasteiger partial charge in [0.1, 0.15) is 5.82 Å². The van der Waals surface area contributed by atoms with Crippen LogP contribution in [0.5, 0.6) is 0 Å². The Bertz CT molecular complexity index is 972. The van der Waals surface area contributed by atoms with Crippen molar-refractivity contribution >= 4 is 29.2 Å². The van der Waals surface area contributed by atoms with Gasteiger partial charge in [0.25, 0.3) is 5.56 Å². The van der Waals surface area contributed by atoms with Crippen molar-refractivity contribution in [3.8, 4) is 0 Å². The zero-order chi connectivity index (χ0) is 21.8. The summed E-state index contributed by atoms with van der Waals surface area (Å²) in [6.45, 7) is 10.2. The lowest BCUT2D eigenvalue weighted by Crippen LogP contribution is -2.41. The van der Waals surface area contributed by atoms with E-state index in [1.165, 1.54) is 21.2 Å². The number of aromatic nitrogens is 6. The Balaban J connectivity index is 2.30. The highest BCUT2D eigenvalue weighted by atomic mass is 32.2. The highest BCUT2D eigenvalue weighted by Gasteiger charge is 2.25. The zero-order valence-corrected chi connectivity index (χ0v) is 18.2. The van der Waals surface area contributed by atoms with E-state index in [1.807, 2.05) is 27.7 Å². The average Bonchev–Trinajstić information content (AvgIpc) is 3.12. The molecule has 0 radical (unpaired) electrons. The molecule has 11 nitrogen and oxygen atoms in total. The fourth-order valence-electron chi connectivity index (χ4n) is 2.73. The lowest BCUT2D eigenvalue weighted by molar-refractivity contribution is -0.116. The molecular weight excluding hydrogens is 396 g/mol. The number of hydrogen-bond donors (Lipinski definition) is 2. The Morgan fingerprint density at radius 1 is 1.28 bits per heavy atom. The molecule has 2 heterocycles. The second-order valence-corrected chi connectivity index (χ2v) is 8.41. The number of carbonyl (C=O) groups is 1. The van der Waals surface area contributed by atoms with E-state index >= 15 is 0 Å². The van der Waals surface area contributed by atoms with Crippen LogP contribution in [0.25, 0.3) is 0 Å². The molecule has 0 unspecified atom stereocenters. The van der Waals surface area contributed by atoms with Crippen LogP contribution in [-0.2, 0) is 16.9 Å². The first-order chi connectivity index (χ1) is 13.6. The summed E-state index contributed by atoms with van der Waals surface area (Å²) in [7, 11) is 0. The third-order valence-corrected chi connectivity index (χ3v) is 5.14. The first kappa shape index (κ1) is 22.7. The number of nitrogens with one attached hydrogen (secondary N) is 1. The van der Waals surface area contributed by atoms with Crippen molar-refractivity contribution in [2.75, 3.05) is 22.9 Å². The maximum Gasteiger partial charge on any atom is 0.330 e. The van der Waals surface area contributed by atoms with Crippen LogP contribution in [0.3, 0.4) is 0 Å². The van der Waals surface area contributed by atoms with E-state index in [9.17, 15) is 14.4 Å². The van der Waals surface area contributed by atoms with Crippen molar-refractivity contribution < 1.29 is 4.79 Å². The number of aromatic amines is 1. The van der Waals surface area contributed by atoms with Crippen LogP contribution in [0, 0.1) is 0 Å². The molecule has 160 valence electrons. The molecule has 2 rings (SSSR count). The number of tetrazole rings is 1. The summed E-state index contributed by atoms with van der Waals surface area (Å²) >= 11 is 1.17. The molecule has 29 heavy (non-hydrogen) atoms. The van der Waals surface area contributed by atoms with Gasteiger partial charge < -0.3 is 10.6 Å². The van der Waals surface area contributed by atoms with Crippen LogP contribution in [0.2, 0.25) is 0 Å². The molecule has 0 atom stereocenters. The lowest BCUT2D eigenvalue weighted by Gasteiger charge is -2.23. The highest BCUT2D eigenvalue weighted by molar-refractivity contribution is 7.99. The molecule has 3 N–H and O–H groups in total. The standard InChI is InChI=1S/C17H28N8O3S/c1-6-8-9-24-13(18)12(14(27)19-15(24)28)23(7-2)11(26)10-29-16-20-21-22-25(16)17(3,4)5/h6-10,18H2,1-5H3,(H,19,27,28). The Hall–Kier alpha value is -2.63. The first-order valence-electron chi connectivity index (χ1n) is 9.46. The number of carbonyl (C=O) groups excluding carboxylic acids is 1. The quantitative estimate of drug-likeness (QED) is 0.592. The molecule has 0 aliphatic heterocycles. The number of nitrogens with zero attached hydrogens (tertiary/aromatic N) is 6. The monoisotopic (exact) mass is 424 g/mol. The van der Waals surface area contributed by atoms with Crippen molar-refractivity contribution in [1.29, 1.82) is 0 Å². The minimum absolute atomic E-state index is 0.00748. The first-order valence-corrected chi connectivity index (χ1v) is 10.4. The molecule has 2 aromatic rings. The van der Waals surface area contributed by atoms with Gasteiger partial charge in [-0.3, -0.25) is 19.1 Å². The molecule has 0 aliphatic rings. The van der Waals surface area contributed by atoms with Gasteiger partial charge in [0.2, 0.25) is 11.1 Å². The van der Waals surface area contributed by atoms with Gasteiger partial charge in [0.15, 0.2) is 5.69 Å². The number of unbranched alkanes of at least 4 members (excludes halogenated alkanes) is 1. The summed E-state index contributed by atoms with van der Waals surface area (Å²) in [5.74, 6) is -0.331. The van der Waals surface area contributed by atoms with Gasteiger partial charge >= 0.3 is 5.69 Å². The number of rotatable bonds is 8. The van der Waals surface area contributed by atoms with E-state index in [0.29, 0.717) is 11.7 Å². The molecular formula is C17H28N8O3S. The van der Waals surface area contributed by atoms with E-state index < -0.39 is 11.2 Å². The molecule has 0 spiro atoms. The van der Waals surface area contributed by atoms with Crippen molar-refractivity contribution in [3.05, 3.63) is 20.8 Å². The van der Waals surface area contributed by atoms with Crippen molar-refractivity contribution in [3.63, 3.8) is 0 Å². The van der Waals surface area contributed by atoms with E-state index in [2.05, 4.69) is 20.5 Å². The Labute approximate surface area is 172 Å². The fraction of sp³-hybridized carbons (Fsp3) is 0.647. The number of thioether (sulfide) groups is 1. The van der Waals surface area contributed by atoms with Gasteiger partial charge in [-0.15, -0.1) is 5.10 Å². The summed E-state index contributed by atoms with van der Waals surface area (Å²) < 4.78 is 2.93. The summed E-state index contributed by atoms with van der Waals surface area (Å²) in [6, 6.07) is 0. The Morgan fingerprint density at radius 2 is 1.97 bits per heavy atom. The van der Waals surface area contributed by atoms with E-state index in [-0.39, 0.29) is 35.2 Å². The van der Waals surface area contributed by atoms with Gasteiger partial charge in [-0.25, -0.2) is 9.48 Å². The summed E-state index contributed by atoms with van der Waals surface area (Å²) in [5, 5.41) is 12.1. The molecule has 12 heteroatoms. The number of anilines is 2. The smallest absolute Gasteiger partial charge is 0.330 e. The van der Waals surface area contributed by atoms with Gasteiger partial charge in [-0.1, -0.05) is 25.1 Å². The second-order valence-electron chi connectivity index (χ2n) is 7.47. The lowest BCUT2D eigenvalue weighted by atomic mass is 10.1. The third-order valence-electron chi connectivity index (χ3n) is 4.24. The van der Waals surface area contributed by atoms with Crippen molar-refractivity contribution in [2.24, 2.45) is 0 Å². The molecule has 2 aromatic heterocycles. The van der Waals surface area contributed by atoms with Crippen molar-refractivity contribution in [1.82, 2.24) is 29.8 Å². The molecule has 0 aliphatic carbocycles. The van der Waals surface area contributed by atoms with Crippen LogP contribution < -0.4 is 21.9 Å². The maximum atomic E-state index is 12.9. The van der Waals surface area contributed by atoms with Crippen LogP contribution in [-0.4, -0.2) is 48.0 Å². The fourth-order valence-corrected chi connectivity index (χ4v) is 3.67. The summed E-state index contributed by atoms with van der Waals surface area (Å²) in [5.41, 5.74) is 4.51. The maximum absolute atomic E-state index is 12.9. The van der Waals surface area contributed by atoms with Gasteiger partial charge in [-0.05, 0) is 44.5 Å². The molecule has 0 aromatic carbocycles. The van der Waals surface area contributed by atoms with E-state index in [1.54, 1.807) is 11.6 Å². The number of nitrogen functional groups attached to an aromatic ring is 1. The van der Waals surface area contributed by atoms with Gasteiger partial charge in [0, 0.05) is 13.1 Å². The van der Waals surface area contributed by atoms with Crippen LogP contribution in [0.15, 0.2) is 14.7 Å². The SMILES string of the molecule is CCCCn1c(N)c(N(CC)C(=O)CSc2nnnn2C(C)(C)C)c(=O)[nH]c1=O. The predicted molar refractivity (Wildman–Crippen MR) is 112 cm³/mol. The number of H-pyrrole nitrogens is 1. The molecule has 1 amide bonds. The predicted octanol–water partition coefficient (Wildman–Crippen LogP) is 0.806. The molecule has 0 saturated carbocycles. The Kier molecular flexibility index (Phi) is 7.22. The van der Waals surface area contributed by atoms with E-state index in [0.717, 1.165) is 12.8 Å². The summed E-state index contributed by atoms with van der Waals surface area (Å²) in [4.78, 5) is 41.0. The summed E-state index contributed by atoms with van der Waals surface area (Å²) in [6.07, 6.45) is 1.58. The Morgan fingerprint density at radius 3 is 2.55 bits per heavy atom. The molecule has 0 bridgehead atoms. The number of amides is 1. The molecule has 0 saturated heterocycles. The number of hydrogen-bond acceptors (Lipinski definition) is 8. The van der Waals surface area contributed by atoms with E-state index in [4.69, 9.17) is 5.73 Å². The zero-order valence-electron chi connectivity index (χ0n) is 17.4. The average molecular weight is 425 g/mol. The highest BCUT2D eigenvalue weighted by Crippen LogP contribution is 2.23. The molecule has 0 fully saturated rings. The topological polar surface area (TPSA) is 145 Å². The van der Waals surface area contributed by atoms with Crippen LogP contribution in [0.4, 0.5) is 11.5 Å². The van der Waals surface area contributed by atoms with Crippen LogP contribution in [0.1, 0.15) is 47.5 Å². The van der Waals surface area contributed by atoms with Gasteiger partial charge in [-0.2, -0.15) is 0 Å². The number of nitrogens with two attached hydrogens (primary N) is 1. The minimum atomic E-state index is -0.681. The third kappa shape index (κ3) is 5.05. The second kappa shape index (κ2) is 9.25.